The van der Waals surface area contributed by atoms with Crippen LogP contribution in [0, 0.1) is 13.8 Å². The van der Waals surface area contributed by atoms with Crippen LogP contribution in [-0.2, 0) is 0 Å². The van der Waals surface area contributed by atoms with Gasteiger partial charge in [-0.15, -0.1) is 0 Å². The lowest BCUT2D eigenvalue weighted by molar-refractivity contribution is 0.561. The SMILES string of the molecule is Cc1cn2cc(-c3cc4ccc(N5CCNCC5)cc4oc3=O)cc2c(C)n1. The highest BCUT2D eigenvalue weighted by Gasteiger charge is 2.14. The topological polar surface area (TPSA) is 62.8 Å². The molecule has 1 aliphatic rings. The van der Waals surface area contributed by atoms with Gasteiger partial charge in [0.1, 0.15) is 5.58 Å². The molecule has 1 N–H and O–H groups in total. The first-order valence-corrected chi connectivity index (χ1v) is 9.58. The summed E-state index contributed by atoms with van der Waals surface area (Å²) in [6, 6.07) is 10.0. The fourth-order valence-electron chi connectivity index (χ4n) is 4.00. The Morgan fingerprint density at radius 2 is 1.89 bits per heavy atom. The normalized spacial score (nSPS) is 14.9. The molecule has 1 aliphatic heterocycles. The van der Waals surface area contributed by atoms with Crippen LogP contribution in [0.2, 0.25) is 0 Å². The lowest BCUT2D eigenvalue weighted by atomic mass is 10.1. The Morgan fingerprint density at radius 3 is 2.71 bits per heavy atom. The quantitative estimate of drug-likeness (QED) is 0.546. The van der Waals surface area contributed by atoms with E-state index >= 15 is 0 Å². The number of nitrogens with zero attached hydrogens (tertiary/aromatic N) is 3. The smallest absolute Gasteiger partial charge is 0.344 e. The Balaban J connectivity index is 1.60. The summed E-state index contributed by atoms with van der Waals surface area (Å²) in [5, 5.41) is 4.28. The van der Waals surface area contributed by atoms with Crippen LogP contribution < -0.4 is 15.8 Å². The largest absolute Gasteiger partial charge is 0.422 e. The molecule has 4 aromatic rings. The second-order valence-corrected chi connectivity index (χ2v) is 7.40. The van der Waals surface area contributed by atoms with Crippen LogP contribution in [-0.4, -0.2) is 35.6 Å². The van der Waals surface area contributed by atoms with E-state index in [1.165, 1.54) is 0 Å². The van der Waals surface area contributed by atoms with Gasteiger partial charge in [-0.3, -0.25) is 4.98 Å². The van der Waals surface area contributed by atoms with Gasteiger partial charge in [-0.1, -0.05) is 0 Å². The molecule has 0 spiro atoms. The fourth-order valence-corrected chi connectivity index (χ4v) is 4.00. The predicted molar refractivity (Wildman–Crippen MR) is 111 cm³/mol. The Labute approximate surface area is 162 Å². The third-order valence-electron chi connectivity index (χ3n) is 5.40. The summed E-state index contributed by atoms with van der Waals surface area (Å²) in [5.41, 5.74) is 5.70. The molecule has 0 unspecified atom stereocenters. The second kappa shape index (κ2) is 6.49. The van der Waals surface area contributed by atoms with E-state index in [1.54, 1.807) is 0 Å². The first-order chi connectivity index (χ1) is 13.6. The van der Waals surface area contributed by atoms with Crippen LogP contribution in [0.25, 0.3) is 27.6 Å². The third kappa shape index (κ3) is 2.86. The van der Waals surface area contributed by atoms with Crippen molar-refractivity contribution in [2.24, 2.45) is 0 Å². The van der Waals surface area contributed by atoms with Crippen molar-refractivity contribution >= 4 is 22.2 Å². The lowest BCUT2D eigenvalue weighted by Gasteiger charge is -2.29. The van der Waals surface area contributed by atoms with Crippen molar-refractivity contribution in [3.05, 3.63) is 64.5 Å². The average molecular weight is 374 g/mol. The number of nitrogens with one attached hydrogen (secondary N) is 1. The zero-order chi connectivity index (χ0) is 19.3. The number of hydrogen-bond acceptors (Lipinski definition) is 5. The summed E-state index contributed by atoms with van der Waals surface area (Å²) in [7, 11) is 0. The number of piperazine rings is 1. The Kier molecular flexibility index (Phi) is 3.94. The van der Waals surface area contributed by atoms with Gasteiger partial charge in [0.25, 0.3) is 0 Å². The minimum atomic E-state index is -0.316. The first-order valence-electron chi connectivity index (χ1n) is 9.58. The van der Waals surface area contributed by atoms with Crippen LogP contribution in [0.5, 0.6) is 0 Å². The second-order valence-electron chi connectivity index (χ2n) is 7.40. The highest BCUT2D eigenvalue weighted by molar-refractivity contribution is 5.85. The molecular weight excluding hydrogens is 352 g/mol. The maximum Gasteiger partial charge on any atom is 0.344 e. The van der Waals surface area contributed by atoms with Crippen molar-refractivity contribution in [3.8, 4) is 11.1 Å². The summed E-state index contributed by atoms with van der Waals surface area (Å²) >= 11 is 0. The molecule has 1 fully saturated rings. The molecule has 0 bridgehead atoms. The van der Waals surface area contributed by atoms with Gasteiger partial charge >= 0.3 is 5.63 Å². The van der Waals surface area contributed by atoms with Crippen LogP contribution in [0.1, 0.15) is 11.4 Å². The number of hydrogen-bond donors (Lipinski definition) is 1. The highest BCUT2D eigenvalue weighted by Crippen LogP contribution is 2.27. The Morgan fingerprint density at radius 1 is 1.07 bits per heavy atom. The summed E-state index contributed by atoms with van der Waals surface area (Å²) in [5.74, 6) is 0. The van der Waals surface area contributed by atoms with E-state index in [1.807, 2.05) is 54.9 Å². The molecule has 142 valence electrons. The average Bonchev–Trinajstić information content (AvgIpc) is 3.12. The monoisotopic (exact) mass is 374 g/mol. The van der Waals surface area contributed by atoms with Crippen molar-refractivity contribution in [3.63, 3.8) is 0 Å². The zero-order valence-electron chi connectivity index (χ0n) is 16.0. The molecule has 6 heteroatoms. The number of fused-ring (bicyclic) bond motifs is 2. The lowest BCUT2D eigenvalue weighted by Crippen LogP contribution is -2.43. The van der Waals surface area contributed by atoms with Gasteiger partial charge in [-0.2, -0.15) is 0 Å². The summed E-state index contributed by atoms with van der Waals surface area (Å²) in [6.45, 7) is 7.79. The van der Waals surface area contributed by atoms with Gasteiger partial charge in [-0.05, 0) is 38.1 Å². The first kappa shape index (κ1) is 17.0. The van der Waals surface area contributed by atoms with E-state index in [9.17, 15) is 4.79 Å². The van der Waals surface area contributed by atoms with E-state index in [0.29, 0.717) is 11.1 Å². The minimum absolute atomic E-state index is 0.316. The van der Waals surface area contributed by atoms with Crippen molar-refractivity contribution in [1.29, 1.82) is 0 Å². The maximum atomic E-state index is 12.7. The number of aryl methyl sites for hydroxylation is 2. The molecular formula is C22H22N4O2. The van der Waals surface area contributed by atoms with Gasteiger partial charge in [0.15, 0.2) is 0 Å². The van der Waals surface area contributed by atoms with Crippen molar-refractivity contribution in [2.75, 3.05) is 31.1 Å². The number of aromatic nitrogens is 2. The minimum Gasteiger partial charge on any atom is -0.422 e. The molecule has 3 aromatic heterocycles. The van der Waals surface area contributed by atoms with Gasteiger partial charge in [0.05, 0.1) is 22.5 Å². The van der Waals surface area contributed by atoms with Crippen molar-refractivity contribution < 1.29 is 4.42 Å². The van der Waals surface area contributed by atoms with E-state index in [4.69, 9.17) is 4.42 Å². The number of rotatable bonds is 2. The molecule has 4 heterocycles. The molecule has 6 nitrogen and oxygen atoms in total. The summed E-state index contributed by atoms with van der Waals surface area (Å²) in [4.78, 5) is 19.5. The standard InChI is InChI=1S/C22H22N4O2/c1-14-12-26-13-17(10-20(26)15(2)24-14)19-9-16-3-4-18(11-21(16)28-22(19)27)25-7-5-23-6-8-25/h3-4,9-13,23H,5-8H2,1-2H3. The summed E-state index contributed by atoms with van der Waals surface area (Å²) in [6.07, 6.45) is 3.93. The summed E-state index contributed by atoms with van der Waals surface area (Å²) < 4.78 is 7.72. The van der Waals surface area contributed by atoms with Gasteiger partial charge in [0.2, 0.25) is 0 Å². The van der Waals surface area contributed by atoms with E-state index in [2.05, 4.69) is 21.3 Å². The molecule has 0 aliphatic carbocycles. The maximum absolute atomic E-state index is 12.7. The van der Waals surface area contributed by atoms with Gasteiger partial charge in [0, 0.05) is 61.3 Å². The van der Waals surface area contributed by atoms with E-state index in [-0.39, 0.29) is 5.63 Å². The molecule has 0 amide bonds. The predicted octanol–water partition coefficient (Wildman–Crippen LogP) is 3.13. The Hall–Kier alpha value is -3.12. The number of anilines is 1. The molecule has 0 atom stereocenters. The molecule has 1 saturated heterocycles. The van der Waals surface area contributed by atoms with Gasteiger partial charge < -0.3 is 19.0 Å². The Bertz CT molecular complexity index is 1250. The number of benzene rings is 1. The van der Waals surface area contributed by atoms with E-state index in [0.717, 1.165) is 59.7 Å². The highest BCUT2D eigenvalue weighted by atomic mass is 16.4. The molecule has 5 rings (SSSR count). The molecule has 0 saturated carbocycles. The third-order valence-corrected chi connectivity index (χ3v) is 5.40. The van der Waals surface area contributed by atoms with Crippen molar-refractivity contribution in [1.82, 2.24) is 14.7 Å². The van der Waals surface area contributed by atoms with Crippen LogP contribution in [0.3, 0.4) is 0 Å². The molecule has 1 aromatic carbocycles. The van der Waals surface area contributed by atoms with Crippen LogP contribution in [0.15, 0.2) is 51.9 Å². The van der Waals surface area contributed by atoms with Crippen molar-refractivity contribution in [2.45, 2.75) is 13.8 Å². The fraction of sp³-hybridized carbons (Fsp3) is 0.273. The molecule has 28 heavy (non-hydrogen) atoms. The van der Waals surface area contributed by atoms with Gasteiger partial charge in [-0.25, -0.2) is 4.79 Å². The zero-order valence-corrected chi connectivity index (χ0v) is 16.0. The van der Waals surface area contributed by atoms with Crippen LogP contribution >= 0.6 is 0 Å². The van der Waals surface area contributed by atoms with Crippen LogP contribution in [0.4, 0.5) is 5.69 Å². The molecule has 0 radical (unpaired) electrons. The van der Waals surface area contributed by atoms with E-state index < -0.39 is 0 Å².